The Morgan fingerprint density at radius 1 is 1.06 bits per heavy atom. The van der Waals surface area contributed by atoms with Crippen molar-refractivity contribution in [2.75, 3.05) is 52.1 Å². The molecule has 33 heavy (non-hydrogen) atoms. The molecule has 8 heteroatoms. The molecule has 0 bridgehead atoms. The van der Waals surface area contributed by atoms with Crippen LogP contribution in [0.1, 0.15) is 6.42 Å². The van der Waals surface area contributed by atoms with Crippen molar-refractivity contribution < 1.29 is 9.15 Å². The van der Waals surface area contributed by atoms with Crippen molar-refractivity contribution in [2.45, 2.75) is 6.42 Å². The zero-order valence-electron chi connectivity index (χ0n) is 18.7. The predicted octanol–water partition coefficient (Wildman–Crippen LogP) is 3.00. The van der Waals surface area contributed by atoms with Crippen LogP contribution in [0.3, 0.4) is 0 Å². The van der Waals surface area contributed by atoms with E-state index >= 15 is 0 Å². The first-order chi connectivity index (χ1) is 16.1. The molecule has 0 aliphatic carbocycles. The third kappa shape index (κ3) is 4.53. The molecule has 0 amide bonds. The van der Waals surface area contributed by atoms with Gasteiger partial charge in [0, 0.05) is 49.7 Å². The Kier molecular flexibility index (Phi) is 5.93. The molecule has 1 aliphatic rings. The van der Waals surface area contributed by atoms with Crippen molar-refractivity contribution in [1.82, 2.24) is 19.8 Å². The van der Waals surface area contributed by atoms with E-state index in [1.165, 1.54) is 0 Å². The van der Waals surface area contributed by atoms with E-state index in [0.717, 1.165) is 44.7 Å². The van der Waals surface area contributed by atoms with Gasteiger partial charge in [-0.3, -0.25) is 0 Å². The van der Waals surface area contributed by atoms with Crippen LogP contribution in [0.5, 0.6) is 5.75 Å². The molecule has 0 saturated carbocycles. The number of nitrogens with zero attached hydrogens (tertiary/aromatic N) is 4. The molecule has 1 aliphatic heterocycles. The van der Waals surface area contributed by atoms with Crippen molar-refractivity contribution in [3.05, 3.63) is 59.0 Å². The van der Waals surface area contributed by atoms with Gasteiger partial charge < -0.3 is 24.7 Å². The lowest BCUT2D eigenvalue weighted by Gasteiger charge is -2.32. The summed E-state index contributed by atoms with van der Waals surface area (Å²) in [6, 6.07) is 15.0. The summed E-state index contributed by atoms with van der Waals surface area (Å²) >= 11 is 0. The number of aromatic nitrogens is 2. The van der Waals surface area contributed by atoms with Gasteiger partial charge in [-0.2, -0.15) is 0 Å². The molecular weight excluding hydrogens is 418 g/mol. The van der Waals surface area contributed by atoms with Gasteiger partial charge in [0.25, 0.3) is 0 Å². The maximum atomic E-state index is 12.7. The van der Waals surface area contributed by atoms with Crippen LogP contribution in [-0.4, -0.2) is 66.1 Å². The quantitative estimate of drug-likeness (QED) is 0.275. The lowest BCUT2D eigenvalue weighted by molar-refractivity contribution is 0.145. The molecule has 170 valence electrons. The van der Waals surface area contributed by atoms with Crippen LogP contribution >= 0.6 is 0 Å². The number of fused-ring (bicyclic) bond motifs is 3. The van der Waals surface area contributed by atoms with E-state index in [2.05, 4.69) is 26.8 Å². The first kappa shape index (κ1) is 21.4. The van der Waals surface area contributed by atoms with Gasteiger partial charge >= 0.3 is 5.63 Å². The Bertz CT molecular complexity index is 1330. The molecule has 0 radical (unpaired) electrons. The number of hydrogen-bond donors (Lipinski definition) is 1. The highest BCUT2D eigenvalue weighted by Gasteiger charge is 2.16. The summed E-state index contributed by atoms with van der Waals surface area (Å²) in [6.07, 6.45) is 0.938. The molecule has 5 rings (SSSR count). The number of likely N-dealkylation sites (N-methyl/N-ethyl adjacent to an activating group) is 1. The van der Waals surface area contributed by atoms with Gasteiger partial charge in [0.2, 0.25) is 0 Å². The summed E-state index contributed by atoms with van der Waals surface area (Å²) in [6.45, 7) is 6.03. The summed E-state index contributed by atoms with van der Waals surface area (Å²) in [5, 5.41) is 0.892. The van der Waals surface area contributed by atoms with E-state index in [0.29, 0.717) is 34.7 Å². The summed E-state index contributed by atoms with van der Waals surface area (Å²) < 4.78 is 11.5. The highest BCUT2D eigenvalue weighted by Crippen LogP contribution is 2.29. The van der Waals surface area contributed by atoms with Crippen molar-refractivity contribution in [1.29, 1.82) is 0 Å². The molecule has 0 spiro atoms. The van der Waals surface area contributed by atoms with Gasteiger partial charge in [-0.15, -0.1) is 0 Å². The van der Waals surface area contributed by atoms with Crippen LogP contribution in [0, 0.1) is 0 Å². The van der Waals surface area contributed by atoms with E-state index in [4.69, 9.17) is 14.9 Å². The van der Waals surface area contributed by atoms with E-state index in [1.807, 2.05) is 42.5 Å². The third-order valence-electron chi connectivity index (χ3n) is 6.07. The fraction of sp³-hybridized carbons (Fsp3) is 0.320. The van der Waals surface area contributed by atoms with Crippen LogP contribution in [0.4, 0.5) is 5.82 Å². The Labute approximate surface area is 191 Å². The number of rotatable bonds is 6. The lowest BCUT2D eigenvalue weighted by Crippen LogP contribution is -2.44. The number of anilines is 1. The minimum atomic E-state index is -0.554. The predicted molar refractivity (Wildman–Crippen MR) is 129 cm³/mol. The number of hydrogen-bond acceptors (Lipinski definition) is 8. The van der Waals surface area contributed by atoms with Gasteiger partial charge in [-0.1, -0.05) is 30.3 Å². The smallest absolute Gasteiger partial charge is 0.349 e. The van der Waals surface area contributed by atoms with Crippen LogP contribution in [0.15, 0.2) is 57.7 Å². The monoisotopic (exact) mass is 445 g/mol. The number of nitrogen functional groups attached to an aromatic ring is 1. The fourth-order valence-corrected chi connectivity index (χ4v) is 4.16. The molecule has 2 N–H and O–H groups in total. The zero-order chi connectivity index (χ0) is 22.8. The summed E-state index contributed by atoms with van der Waals surface area (Å²) in [7, 11) is 2.16. The molecule has 2 aromatic heterocycles. The molecule has 4 aromatic rings. The number of nitrogens with two attached hydrogens (primary N) is 1. The average Bonchev–Trinajstić information content (AvgIpc) is 2.83. The van der Waals surface area contributed by atoms with E-state index < -0.39 is 5.63 Å². The molecule has 1 saturated heterocycles. The Hall–Kier alpha value is -3.49. The highest BCUT2D eigenvalue weighted by molar-refractivity contribution is 6.05. The van der Waals surface area contributed by atoms with Gasteiger partial charge in [0.15, 0.2) is 5.82 Å². The number of ether oxygens (including phenoxy) is 1. The third-order valence-corrected chi connectivity index (χ3v) is 6.07. The van der Waals surface area contributed by atoms with Crippen molar-refractivity contribution in [2.24, 2.45) is 0 Å². The molecule has 2 aromatic carbocycles. The Morgan fingerprint density at radius 2 is 1.85 bits per heavy atom. The van der Waals surface area contributed by atoms with Gasteiger partial charge in [-0.05, 0) is 25.6 Å². The van der Waals surface area contributed by atoms with Gasteiger partial charge in [0.1, 0.15) is 22.5 Å². The summed E-state index contributed by atoms with van der Waals surface area (Å²) in [5.41, 5.74) is 7.30. The molecule has 3 heterocycles. The van der Waals surface area contributed by atoms with Crippen molar-refractivity contribution >= 4 is 27.7 Å². The van der Waals surface area contributed by atoms with Gasteiger partial charge in [0.05, 0.1) is 12.1 Å². The first-order valence-corrected chi connectivity index (χ1v) is 11.2. The minimum Gasteiger partial charge on any atom is -0.493 e. The van der Waals surface area contributed by atoms with Crippen molar-refractivity contribution in [3.8, 4) is 17.1 Å². The van der Waals surface area contributed by atoms with Crippen LogP contribution < -0.4 is 16.1 Å². The molecule has 8 nitrogen and oxygen atoms in total. The lowest BCUT2D eigenvalue weighted by atomic mass is 10.1. The molecule has 0 atom stereocenters. The normalized spacial score (nSPS) is 15.3. The maximum absolute atomic E-state index is 12.7. The number of benzene rings is 2. The summed E-state index contributed by atoms with van der Waals surface area (Å²) in [5.74, 6) is 1.24. The summed E-state index contributed by atoms with van der Waals surface area (Å²) in [4.78, 5) is 26.4. The van der Waals surface area contributed by atoms with Crippen molar-refractivity contribution in [3.63, 3.8) is 0 Å². The van der Waals surface area contributed by atoms with Crippen LogP contribution in [-0.2, 0) is 0 Å². The second-order valence-electron chi connectivity index (χ2n) is 8.42. The molecule has 0 unspecified atom stereocenters. The second kappa shape index (κ2) is 9.17. The zero-order valence-corrected chi connectivity index (χ0v) is 18.7. The minimum absolute atomic E-state index is 0.110. The van der Waals surface area contributed by atoms with Crippen LogP contribution in [0.25, 0.3) is 33.3 Å². The molecule has 1 fully saturated rings. The fourth-order valence-electron chi connectivity index (χ4n) is 4.16. The second-order valence-corrected chi connectivity index (χ2v) is 8.42. The SMILES string of the molecule is CN1CCN(CCCOc2ccc3c(c2)oc(=O)c2c(N)nc(-c4ccccc4)nc23)CC1. The average molecular weight is 446 g/mol. The number of piperazine rings is 1. The maximum Gasteiger partial charge on any atom is 0.349 e. The van der Waals surface area contributed by atoms with E-state index in [-0.39, 0.29) is 11.2 Å². The molecular formula is C25H27N5O3. The van der Waals surface area contributed by atoms with Gasteiger partial charge in [-0.25, -0.2) is 14.8 Å². The first-order valence-electron chi connectivity index (χ1n) is 11.2. The standard InChI is InChI=1S/C25H27N5O3/c1-29-11-13-30(14-12-29)10-5-15-32-18-8-9-19-20(16-18)33-25(31)21-22(19)27-24(28-23(21)26)17-6-3-2-4-7-17/h2-4,6-9,16H,5,10-15H2,1H3,(H2,26,27,28). The van der Waals surface area contributed by atoms with Crippen LogP contribution in [0.2, 0.25) is 0 Å². The van der Waals surface area contributed by atoms with E-state index in [1.54, 1.807) is 6.07 Å². The largest absolute Gasteiger partial charge is 0.493 e. The van der Waals surface area contributed by atoms with E-state index in [9.17, 15) is 4.79 Å². The Balaban J connectivity index is 1.38. The topological polar surface area (TPSA) is 97.7 Å². The highest BCUT2D eigenvalue weighted by atomic mass is 16.5. The Morgan fingerprint density at radius 3 is 2.64 bits per heavy atom.